The zero-order valence-corrected chi connectivity index (χ0v) is 10.7. The van der Waals surface area contributed by atoms with Gasteiger partial charge in [0.05, 0.1) is 12.7 Å². The first-order valence-corrected chi connectivity index (χ1v) is 6.75. The fraction of sp³-hybridized carbons (Fsp3) is 0.600. The highest BCUT2D eigenvalue weighted by atomic mass is 16.6. The molecule has 0 bridgehead atoms. The largest absolute Gasteiger partial charge is 0.393 e. The van der Waals surface area contributed by atoms with Crippen LogP contribution >= 0.6 is 0 Å². The van der Waals surface area contributed by atoms with E-state index in [-0.39, 0.29) is 0 Å². The molecule has 0 radical (unpaired) electrons. The van der Waals surface area contributed by atoms with Crippen LogP contribution in [0.5, 0.6) is 0 Å². The maximum atomic E-state index is 9.82. The average Bonchev–Trinajstić information content (AvgIpc) is 3.19. The van der Waals surface area contributed by atoms with Crippen LogP contribution in [0, 0.1) is 5.92 Å². The van der Waals surface area contributed by atoms with E-state index in [0.717, 1.165) is 6.42 Å². The van der Waals surface area contributed by atoms with Gasteiger partial charge in [-0.15, -0.1) is 0 Å². The van der Waals surface area contributed by atoms with Crippen LogP contribution in [-0.2, 0) is 11.2 Å². The van der Waals surface area contributed by atoms with E-state index in [1.165, 1.54) is 18.4 Å². The van der Waals surface area contributed by atoms with Crippen LogP contribution in [0.4, 0.5) is 0 Å². The molecule has 0 aliphatic heterocycles. The molecule has 0 heterocycles. The average molecular weight is 250 g/mol. The lowest BCUT2D eigenvalue weighted by atomic mass is 10.1. The van der Waals surface area contributed by atoms with E-state index < -0.39 is 12.4 Å². The molecule has 2 N–H and O–H groups in total. The molecule has 1 aliphatic carbocycles. The van der Waals surface area contributed by atoms with Gasteiger partial charge in [-0.1, -0.05) is 30.3 Å². The summed E-state index contributed by atoms with van der Waals surface area (Å²) in [6, 6.07) is 10.1. The van der Waals surface area contributed by atoms with Crippen molar-refractivity contribution in [2.24, 2.45) is 5.92 Å². The van der Waals surface area contributed by atoms with Crippen molar-refractivity contribution in [3.05, 3.63) is 35.9 Å². The molecule has 3 heteroatoms. The van der Waals surface area contributed by atoms with E-state index in [2.05, 4.69) is 0 Å². The highest BCUT2D eigenvalue weighted by Gasteiger charge is 2.23. The maximum absolute atomic E-state index is 9.82. The van der Waals surface area contributed by atoms with Crippen molar-refractivity contribution in [1.82, 2.24) is 0 Å². The molecule has 2 unspecified atom stereocenters. The molecular formula is C15H22O3. The smallest absolute Gasteiger partial charge is 0.157 e. The summed E-state index contributed by atoms with van der Waals surface area (Å²) in [6.07, 6.45) is 2.90. The Morgan fingerprint density at radius 1 is 1.17 bits per heavy atom. The van der Waals surface area contributed by atoms with Crippen LogP contribution in [0.25, 0.3) is 0 Å². The molecule has 0 saturated heterocycles. The van der Waals surface area contributed by atoms with Crippen LogP contribution in [0.2, 0.25) is 0 Å². The summed E-state index contributed by atoms with van der Waals surface area (Å²) >= 11 is 0. The first-order chi connectivity index (χ1) is 8.74. The third kappa shape index (κ3) is 5.17. The zero-order chi connectivity index (χ0) is 12.8. The van der Waals surface area contributed by atoms with Crippen LogP contribution in [0.15, 0.2) is 30.3 Å². The first kappa shape index (κ1) is 13.5. The van der Waals surface area contributed by atoms with E-state index >= 15 is 0 Å². The van der Waals surface area contributed by atoms with Crippen molar-refractivity contribution in [3.8, 4) is 0 Å². The summed E-state index contributed by atoms with van der Waals surface area (Å²) in [5.74, 6) is 0.640. The van der Waals surface area contributed by atoms with Crippen molar-refractivity contribution in [2.45, 2.75) is 44.5 Å². The van der Waals surface area contributed by atoms with Crippen LogP contribution in [0.3, 0.4) is 0 Å². The third-order valence-corrected chi connectivity index (χ3v) is 3.30. The monoisotopic (exact) mass is 250 g/mol. The lowest BCUT2D eigenvalue weighted by molar-refractivity contribution is -0.123. The SMILES string of the molecule is OC(CCc1ccccc1)CC(O)OCC1CC1. The number of aryl methyl sites for hydroxylation is 1. The van der Waals surface area contributed by atoms with E-state index in [0.29, 0.717) is 25.4 Å². The number of hydrogen-bond donors (Lipinski definition) is 2. The fourth-order valence-corrected chi connectivity index (χ4v) is 1.93. The topological polar surface area (TPSA) is 49.7 Å². The Labute approximate surface area is 108 Å². The normalized spacial score (nSPS) is 18.6. The molecule has 100 valence electrons. The minimum Gasteiger partial charge on any atom is -0.393 e. The van der Waals surface area contributed by atoms with Crippen molar-refractivity contribution >= 4 is 0 Å². The van der Waals surface area contributed by atoms with Gasteiger partial charge in [-0.2, -0.15) is 0 Å². The summed E-state index contributed by atoms with van der Waals surface area (Å²) in [5, 5.41) is 19.4. The standard InChI is InChI=1S/C15H22O3/c16-14(9-8-12-4-2-1-3-5-12)10-15(17)18-11-13-6-7-13/h1-5,13-17H,6-11H2. The molecule has 3 nitrogen and oxygen atoms in total. The van der Waals surface area contributed by atoms with Crippen LogP contribution < -0.4 is 0 Å². The highest BCUT2D eigenvalue weighted by Crippen LogP contribution is 2.29. The van der Waals surface area contributed by atoms with Gasteiger partial charge in [0.2, 0.25) is 0 Å². The molecule has 0 aromatic heterocycles. The quantitative estimate of drug-likeness (QED) is 0.695. The summed E-state index contributed by atoms with van der Waals surface area (Å²) < 4.78 is 5.28. The summed E-state index contributed by atoms with van der Waals surface area (Å²) in [5.41, 5.74) is 1.21. The molecule has 1 aromatic rings. The third-order valence-electron chi connectivity index (χ3n) is 3.30. The number of hydrogen-bond acceptors (Lipinski definition) is 3. The number of aliphatic hydroxyl groups excluding tert-OH is 2. The highest BCUT2D eigenvalue weighted by molar-refractivity contribution is 5.14. The van der Waals surface area contributed by atoms with Crippen molar-refractivity contribution < 1.29 is 14.9 Å². The molecule has 0 spiro atoms. The van der Waals surface area contributed by atoms with Gasteiger partial charge in [0.25, 0.3) is 0 Å². The predicted octanol–water partition coefficient (Wildman–Crippen LogP) is 2.12. The molecule has 0 amide bonds. The van der Waals surface area contributed by atoms with Crippen LogP contribution in [0.1, 0.15) is 31.2 Å². The van der Waals surface area contributed by atoms with E-state index in [1.807, 2.05) is 30.3 Å². The predicted molar refractivity (Wildman–Crippen MR) is 70.1 cm³/mol. The summed E-state index contributed by atoms with van der Waals surface area (Å²) in [6.45, 7) is 0.632. The van der Waals surface area contributed by atoms with Gasteiger partial charge in [0.15, 0.2) is 6.29 Å². The lowest BCUT2D eigenvalue weighted by Gasteiger charge is -2.16. The Morgan fingerprint density at radius 2 is 1.89 bits per heavy atom. The van der Waals surface area contributed by atoms with E-state index in [4.69, 9.17) is 4.74 Å². The Balaban J connectivity index is 1.60. The van der Waals surface area contributed by atoms with Gasteiger partial charge in [-0.05, 0) is 37.2 Å². The molecule has 1 aromatic carbocycles. The summed E-state index contributed by atoms with van der Waals surface area (Å²) in [4.78, 5) is 0. The Bertz CT molecular complexity index is 335. The molecule has 1 aliphatic rings. The van der Waals surface area contributed by atoms with E-state index in [1.54, 1.807) is 0 Å². The molecule has 1 saturated carbocycles. The number of aliphatic hydroxyl groups is 2. The van der Waals surface area contributed by atoms with Crippen molar-refractivity contribution in [2.75, 3.05) is 6.61 Å². The second kappa shape index (κ2) is 6.88. The Kier molecular flexibility index (Phi) is 5.17. The molecule has 1 fully saturated rings. The second-order valence-corrected chi connectivity index (χ2v) is 5.15. The fourth-order valence-electron chi connectivity index (χ4n) is 1.93. The molecule has 2 rings (SSSR count). The lowest BCUT2D eigenvalue weighted by Crippen LogP contribution is -2.21. The van der Waals surface area contributed by atoms with Gasteiger partial charge in [-0.25, -0.2) is 0 Å². The van der Waals surface area contributed by atoms with E-state index in [9.17, 15) is 10.2 Å². The maximum Gasteiger partial charge on any atom is 0.157 e. The minimum absolute atomic E-state index is 0.305. The van der Waals surface area contributed by atoms with Gasteiger partial charge in [-0.3, -0.25) is 0 Å². The van der Waals surface area contributed by atoms with Crippen molar-refractivity contribution in [3.63, 3.8) is 0 Å². The van der Waals surface area contributed by atoms with Crippen LogP contribution in [-0.4, -0.2) is 29.2 Å². The number of benzene rings is 1. The minimum atomic E-state index is -0.823. The number of ether oxygens (including phenoxy) is 1. The Morgan fingerprint density at radius 3 is 2.56 bits per heavy atom. The zero-order valence-electron chi connectivity index (χ0n) is 10.7. The molecular weight excluding hydrogens is 228 g/mol. The van der Waals surface area contributed by atoms with Gasteiger partial charge >= 0.3 is 0 Å². The Hall–Kier alpha value is -0.900. The van der Waals surface area contributed by atoms with Gasteiger partial charge in [0.1, 0.15) is 0 Å². The van der Waals surface area contributed by atoms with Gasteiger partial charge in [0, 0.05) is 6.42 Å². The van der Waals surface area contributed by atoms with Gasteiger partial charge < -0.3 is 14.9 Å². The second-order valence-electron chi connectivity index (χ2n) is 5.15. The molecule has 2 atom stereocenters. The summed E-state index contributed by atoms with van der Waals surface area (Å²) in [7, 11) is 0. The molecule has 18 heavy (non-hydrogen) atoms. The number of rotatable bonds is 8. The van der Waals surface area contributed by atoms with Crippen molar-refractivity contribution in [1.29, 1.82) is 0 Å². The first-order valence-electron chi connectivity index (χ1n) is 6.75.